The molecule has 0 unspecified atom stereocenters. The quantitative estimate of drug-likeness (QED) is 0.846. The van der Waals surface area contributed by atoms with E-state index in [2.05, 4.69) is 10.2 Å². The zero-order valence-electron chi connectivity index (χ0n) is 12.8. The highest BCUT2D eigenvalue weighted by molar-refractivity contribution is 7.11. The summed E-state index contributed by atoms with van der Waals surface area (Å²) >= 11 is 1.62. The molecule has 1 aromatic heterocycles. The maximum absolute atomic E-state index is 12.8. The van der Waals surface area contributed by atoms with Gasteiger partial charge in [0.1, 0.15) is 10.0 Å². The summed E-state index contributed by atoms with van der Waals surface area (Å²) in [5.74, 6) is 1.66. The van der Waals surface area contributed by atoms with Crippen LogP contribution >= 0.6 is 11.3 Å². The molecule has 4 rings (SSSR count). The van der Waals surface area contributed by atoms with Gasteiger partial charge in [0.25, 0.3) is 5.91 Å². The molecule has 2 aliphatic rings. The molecule has 0 aliphatic carbocycles. The van der Waals surface area contributed by atoms with Crippen LogP contribution in [-0.2, 0) is 0 Å². The number of aryl methyl sites for hydroxylation is 1. The highest BCUT2D eigenvalue weighted by Gasteiger charge is 2.28. The summed E-state index contributed by atoms with van der Waals surface area (Å²) < 4.78 is 10.7. The van der Waals surface area contributed by atoms with Crippen LogP contribution in [0.15, 0.2) is 18.2 Å². The zero-order chi connectivity index (χ0) is 15.8. The summed E-state index contributed by atoms with van der Waals surface area (Å²) in [5, 5.41) is 10.3. The minimum atomic E-state index is 0.0363. The van der Waals surface area contributed by atoms with Gasteiger partial charge in [0.2, 0.25) is 6.79 Å². The molecule has 3 heterocycles. The normalized spacial score (nSPS) is 19.9. The van der Waals surface area contributed by atoms with E-state index < -0.39 is 0 Å². The Morgan fingerprint density at radius 3 is 3.00 bits per heavy atom. The molecule has 7 heteroatoms. The number of carbonyl (C=O) groups is 1. The van der Waals surface area contributed by atoms with Crippen molar-refractivity contribution in [2.45, 2.75) is 25.7 Å². The van der Waals surface area contributed by atoms with Gasteiger partial charge in [-0.15, -0.1) is 21.5 Å². The van der Waals surface area contributed by atoms with Crippen LogP contribution in [0.2, 0.25) is 0 Å². The lowest BCUT2D eigenvalue weighted by atomic mass is 9.98. The maximum atomic E-state index is 12.8. The fourth-order valence-electron chi connectivity index (χ4n) is 3.05. The first-order valence-corrected chi connectivity index (χ1v) is 8.51. The van der Waals surface area contributed by atoms with Gasteiger partial charge in [0.15, 0.2) is 11.5 Å². The summed E-state index contributed by atoms with van der Waals surface area (Å²) in [6.45, 7) is 3.65. The van der Waals surface area contributed by atoms with Crippen molar-refractivity contribution in [1.82, 2.24) is 15.1 Å². The number of aromatic nitrogens is 2. The second kappa shape index (κ2) is 5.81. The lowest BCUT2D eigenvalue weighted by Crippen LogP contribution is -2.39. The van der Waals surface area contributed by atoms with Crippen LogP contribution in [0.3, 0.4) is 0 Å². The van der Waals surface area contributed by atoms with E-state index in [4.69, 9.17) is 9.47 Å². The molecule has 6 nitrogen and oxygen atoms in total. The van der Waals surface area contributed by atoms with Crippen molar-refractivity contribution in [3.8, 4) is 11.5 Å². The molecule has 1 amide bonds. The highest BCUT2D eigenvalue weighted by atomic mass is 32.1. The molecule has 0 bridgehead atoms. The number of fused-ring (bicyclic) bond motifs is 1. The van der Waals surface area contributed by atoms with Crippen LogP contribution in [0, 0.1) is 6.92 Å². The Morgan fingerprint density at radius 2 is 2.17 bits per heavy atom. The van der Waals surface area contributed by atoms with E-state index in [0.29, 0.717) is 23.6 Å². The number of hydrogen-bond donors (Lipinski definition) is 0. The SMILES string of the molecule is Cc1nnc([C@@H]2CCCN(C(=O)c3ccc4c(c3)OCO4)C2)s1. The average Bonchev–Trinajstić information content (AvgIpc) is 3.22. The smallest absolute Gasteiger partial charge is 0.254 e. The molecular weight excluding hydrogens is 314 g/mol. The van der Waals surface area contributed by atoms with Gasteiger partial charge in [-0.05, 0) is 38.0 Å². The van der Waals surface area contributed by atoms with Crippen molar-refractivity contribution >= 4 is 17.2 Å². The first-order valence-electron chi connectivity index (χ1n) is 7.69. The van der Waals surface area contributed by atoms with Crippen molar-refractivity contribution in [3.63, 3.8) is 0 Å². The molecule has 23 heavy (non-hydrogen) atoms. The molecule has 0 radical (unpaired) electrons. The van der Waals surface area contributed by atoms with Gasteiger partial charge < -0.3 is 14.4 Å². The molecule has 2 aliphatic heterocycles. The van der Waals surface area contributed by atoms with Crippen LogP contribution in [0.4, 0.5) is 0 Å². The maximum Gasteiger partial charge on any atom is 0.254 e. The molecular formula is C16H17N3O3S. The second-order valence-electron chi connectivity index (χ2n) is 5.82. The van der Waals surface area contributed by atoms with E-state index in [1.807, 2.05) is 11.8 Å². The van der Waals surface area contributed by atoms with Crippen LogP contribution in [-0.4, -0.2) is 40.9 Å². The van der Waals surface area contributed by atoms with E-state index >= 15 is 0 Å². The Labute approximate surface area is 138 Å². The van der Waals surface area contributed by atoms with Gasteiger partial charge in [0, 0.05) is 24.6 Å². The number of piperidine rings is 1. The van der Waals surface area contributed by atoms with Gasteiger partial charge in [-0.2, -0.15) is 0 Å². The van der Waals surface area contributed by atoms with Crippen molar-refractivity contribution < 1.29 is 14.3 Å². The molecule has 120 valence electrons. The lowest BCUT2D eigenvalue weighted by Gasteiger charge is -2.31. The van der Waals surface area contributed by atoms with Crippen molar-refractivity contribution in [1.29, 1.82) is 0 Å². The first-order chi connectivity index (χ1) is 11.2. The Kier molecular flexibility index (Phi) is 3.65. The summed E-state index contributed by atoms with van der Waals surface area (Å²) in [7, 11) is 0. The van der Waals surface area contributed by atoms with Crippen LogP contribution < -0.4 is 9.47 Å². The third-order valence-electron chi connectivity index (χ3n) is 4.22. The Balaban J connectivity index is 1.51. The molecule has 1 saturated heterocycles. The van der Waals surface area contributed by atoms with Crippen LogP contribution in [0.25, 0.3) is 0 Å². The number of carbonyl (C=O) groups excluding carboxylic acids is 1. The van der Waals surface area contributed by atoms with Gasteiger partial charge in [0.05, 0.1) is 0 Å². The molecule has 1 fully saturated rings. The van der Waals surface area contributed by atoms with Crippen molar-refractivity contribution in [2.24, 2.45) is 0 Å². The topological polar surface area (TPSA) is 64.6 Å². The monoisotopic (exact) mass is 331 g/mol. The van der Waals surface area contributed by atoms with Crippen molar-refractivity contribution in [3.05, 3.63) is 33.8 Å². The summed E-state index contributed by atoms with van der Waals surface area (Å²) in [6, 6.07) is 5.36. The number of ether oxygens (including phenoxy) is 2. The van der Waals surface area contributed by atoms with Crippen LogP contribution in [0.1, 0.15) is 39.1 Å². The van der Waals surface area contributed by atoms with E-state index in [1.54, 1.807) is 29.5 Å². The minimum Gasteiger partial charge on any atom is -0.454 e. The number of benzene rings is 1. The van der Waals surface area contributed by atoms with E-state index in [9.17, 15) is 4.79 Å². The lowest BCUT2D eigenvalue weighted by molar-refractivity contribution is 0.0706. The Bertz CT molecular complexity index is 746. The molecule has 1 aromatic carbocycles. The van der Waals surface area contributed by atoms with Gasteiger partial charge >= 0.3 is 0 Å². The number of hydrogen-bond acceptors (Lipinski definition) is 6. The average molecular weight is 331 g/mol. The number of amides is 1. The fraction of sp³-hybridized carbons (Fsp3) is 0.438. The van der Waals surface area contributed by atoms with Gasteiger partial charge in [-0.1, -0.05) is 0 Å². The van der Waals surface area contributed by atoms with E-state index in [-0.39, 0.29) is 18.6 Å². The third kappa shape index (κ3) is 2.76. The second-order valence-corrected chi connectivity index (χ2v) is 7.03. The molecule has 0 N–H and O–H groups in total. The molecule has 2 aromatic rings. The zero-order valence-corrected chi connectivity index (χ0v) is 13.6. The minimum absolute atomic E-state index is 0.0363. The molecule has 0 saturated carbocycles. The third-order valence-corrected chi connectivity index (χ3v) is 5.22. The summed E-state index contributed by atoms with van der Waals surface area (Å²) in [5.41, 5.74) is 0.642. The first kappa shape index (κ1) is 14.4. The summed E-state index contributed by atoms with van der Waals surface area (Å²) in [4.78, 5) is 14.7. The number of rotatable bonds is 2. The summed E-state index contributed by atoms with van der Waals surface area (Å²) in [6.07, 6.45) is 2.04. The predicted octanol–water partition coefficient (Wildman–Crippen LogP) is 2.60. The number of likely N-dealkylation sites (tertiary alicyclic amines) is 1. The van der Waals surface area contributed by atoms with E-state index in [1.165, 1.54) is 0 Å². The number of nitrogens with zero attached hydrogens (tertiary/aromatic N) is 3. The van der Waals surface area contributed by atoms with Crippen molar-refractivity contribution in [2.75, 3.05) is 19.9 Å². The van der Waals surface area contributed by atoms with E-state index in [0.717, 1.165) is 29.4 Å². The van der Waals surface area contributed by atoms with Gasteiger partial charge in [-0.25, -0.2) is 0 Å². The standard InChI is InChI=1S/C16H17N3O3S/c1-10-17-18-15(23-10)12-3-2-6-19(8-12)16(20)11-4-5-13-14(7-11)22-9-21-13/h4-5,7,12H,2-3,6,8-9H2,1H3/t12-/m1/s1. The molecule has 1 atom stereocenters. The van der Waals surface area contributed by atoms with Crippen LogP contribution in [0.5, 0.6) is 11.5 Å². The predicted molar refractivity (Wildman–Crippen MR) is 85.1 cm³/mol. The largest absolute Gasteiger partial charge is 0.454 e. The Hall–Kier alpha value is -2.15. The van der Waals surface area contributed by atoms with Gasteiger partial charge in [-0.3, -0.25) is 4.79 Å². The fourth-order valence-corrected chi connectivity index (χ4v) is 3.88. The Morgan fingerprint density at radius 1 is 1.30 bits per heavy atom. The highest BCUT2D eigenvalue weighted by Crippen LogP contribution is 2.34. The molecule has 0 spiro atoms.